The Morgan fingerprint density at radius 3 is 2.58 bits per heavy atom. The van der Waals surface area contributed by atoms with Crippen LogP contribution >= 0.6 is 24.0 Å². The lowest BCUT2D eigenvalue weighted by Gasteiger charge is -2.22. The largest absolute Gasteiger partial charge is 0.454 e. The van der Waals surface area contributed by atoms with Crippen molar-refractivity contribution in [2.75, 3.05) is 20.9 Å². The molecule has 0 saturated heterocycles. The average Bonchev–Trinajstić information content (AvgIpc) is 3.04. The molecule has 0 fully saturated rings. The minimum absolute atomic E-state index is 0. The fraction of sp³-hybridized carbons (Fsp3) is 0.278. The van der Waals surface area contributed by atoms with Crippen LogP contribution in [0.3, 0.4) is 0 Å². The lowest BCUT2D eigenvalue weighted by Crippen LogP contribution is -2.38. The van der Waals surface area contributed by atoms with Crippen LogP contribution < -0.4 is 14.8 Å². The van der Waals surface area contributed by atoms with E-state index in [4.69, 9.17) is 9.47 Å². The number of fused-ring (bicyclic) bond motifs is 1. The predicted molar refractivity (Wildman–Crippen MR) is 106 cm³/mol. The molecule has 0 spiro atoms. The van der Waals surface area contributed by atoms with Crippen molar-refractivity contribution < 1.29 is 9.47 Å². The molecule has 0 amide bonds. The van der Waals surface area contributed by atoms with Gasteiger partial charge >= 0.3 is 0 Å². The standard InChI is InChI=1S/C18H21N3O2.HI/c1-19-18(21(2)12-14-6-4-3-5-7-14)20-11-15-8-9-16-17(10-15)23-13-22-16;/h3-10H,11-13H2,1-2H3,(H,19,20);1H. The van der Waals surface area contributed by atoms with Gasteiger partial charge in [-0.1, -0.05) is 36.4 Å². The SMILES string of the molecule is CN=C(NCc1ccc2c(c1)OCO2)N(C)Cc1ccccc1.I. The van der Waals surface area contributed by atoms with Gasteiger partial charge in [-0.3, -0.25) is 4.99 Å². The molecule has 128 valence electrons. The summed E-state index contributed by atoms with van der Waals surface area (Å²) in [5.41, 5.74) is 2.38. The second-order valence-electron chi connectivity index (χ2n) is 5.43. The van der Waals surface area contributed by atoms with E-state index in [9.17, 15) is 0 Å². The van der Waals surface area contributed by atoms with Crippen molar-refractivity contribution in [2.45, 2.75) is 13.1 Å². The second-order valence-corrected chi connectivity index (χ2v) is 5.43. The summed E-state index contributed by atoms with van der Waals surface area (Å²) < 4.78 is 10.7. The van der Waals surface area contributed by atoms with Gasteiger partial charge in [-0.25, -0.2) is 0 Å². The van der Waals surface area contributed by atoms with Gasteiger partial charge in [0.25, 0.3) is 0 Å². The van der Waals surface area contributed by atoms with Gasteiger partial charge in [0.05, 0.1) is 0 Å². The lowest BCUT2D eigenvalue weighted by atomic mass is 10.2. The van der Waals surface area contributed by atoms with Gasteiger partial charge in [-0.2, -0.15) is 0 Å². The fourth-order valence-electron chi connectivity index (χ4n) is 2.55. The van der Waals surface area contributed by atoms with Crippen molar-refractivity contribution in [1.82, 2.24) is 10.2 Å². The zero-order valence-corrected chi connectivity index (χ0v) is 16.2. The third-order valence-corrected chi connectivity index (χ3v) is 3.72. The molecule has 0 radical (unpaired) electrons. The summed E-state index contributed by atoms with van der Waals surface area (Å²) in [6.07, 6.45) is 0. The molecule has 1 heterocycles. The first-order chi connectivity index (χ1) is 11.3. The molecule has 0 aliphatic carbocycles. The molecule has 0 unspecified atom stereocenters. The molecule has 6 heteroatoms. The summed E-state index contributed by atoms with van der Waals surface area (Å²) in [4.78, 5) is 6.45. The molecular weight excluding hydrogens is 417 g/mol. The van der Waals surface area contributed by atoms with Crippen molar-refractivity contribution in [2.24, 2.45) is 4.99 Å². The molecule has 1 aliphatic heterocycles. The number of guanidine groups is 1. The molecule has 1 N–H and O–H groups in total. The number of halogens is 1. The van der Waals surface area contributed by atoms with Crippen molar-refractivity contribution in [1.29, 1.82) is 0 Å². The first-order valence-electron chi connectivity index (χ1n) is 7.60. The van der Waals surface area contributed by atoms with Gasteiger partial charge in [0.2, 0.25) is 6.79 Å². The van der Waals surface area contributed by atoms with E-state index in [1.54, 1.807) is 7.05 Å². The minimum Gasteiger partial charge on any atom is -0.454 e. The Bertz CT molecular complexity index is 692. The highest BCUT2D eigenvalue weighted by Crippen LogP contribution is 2.32. The van der Waals surface area contributed by atoms with Crippen LogP contribution in [-0.2, 0) is 13.1 Å². The zero-order chi connectivity index (χ0) is 16.1. The maximum Gasteiger partial charge on any atom is 0.231 e. The van der Waals surface area contributed by atoms with Crippen molar-refractivity contribution in [3.05, 3.63) is 59.7 Å². The summed E-state index contributed by atoms with van der Waals surface area (Å²) in [6, 6.07) is 16.3. The molecule has 0 aromatic heterocycles. The van der Waals surface area contributed by atoms with Crippen molar-refractivity contribution in [3.63, 3.8) is 0 Å². The first-order valence-corrected chi connectivity index (χ1v) is 7.60. The number of aliphatic imine (C=N–C) groups is 1. The van der Waals surface area contributed by atoms with Gasteiger partial charge < -0.3 is 19.7 Å². The summed E-state index contributed by atoms with van der Waals surface area (Å²) in [6.45, 7) is 1.79. The summed E-state index contributed by atoms with van der Waals surface area (Å²) in [5.74, 6) is 2.46. The Morgan fingerprint density at radius 2 is 1.83 bits per heavy atom. The minimum atomic E-state index is 0. The maximum atomic E-state index is 5.41. The molecule has 3 rings (SSSR count). The predicted octanol–water partition coefficient (Wildman–Crippen LogP) is 3.24. The Morgan fingerprint density at radius 1 is 1.08 bits per heavy atom. The summed E-state index contributed by atoms with van der Waals surface area (Å²) in [7, 11) is 3.82. The Kier molecular flexibility index (Phi) is 6.72. The molecule has 0 bridgehead atoms. The number of ether oxygens (including phenoxy) is 2. The number of rotatable bonds is 4. The summed E-state index contributed by atoms with van der Waals surface area (Å²) in [5, 5.41) is 3.38. The quantitative estimate of drug-likeness (QED) is 0.452. The number of hydrogen-bond acceptors (Lipinski definition) is 3. The van der Waals surface area contributed by atoms with E-state index < -0.39 is 0 Å². The Labute approximate surface area is 159 Å². The topological polar surface area (TPSA) is 46.1 Å². The van der Waals surface area contributed by atoms with Crippen molar-refractivity contribution in [3.8, 4) is 11.5 Å². The van der Waals surface area contributed by atoms with Gasteiger partial charge in [0, 0.05) is 27.2 Å². The molecule has 2 aromatic rings. The number of hydrogen-bond donors (Lipinski definition) is 1. The smallest absolute Gasteiger partial charge is 0.231 e. The van der Waals surface area contributed by atoms with E-state index in [2.05, 4.69) is 27.3 Å². The normalized spacial score (nSPS) is 12.5. The second kappa shape index (κ2) is 8.77. The Hall–Kier alpha value is -1.96. The monoisotopic (exact) mass is 439 g/mol. The van der Waals surface area contributed by atoms with E-state index in [-0.39, 0.29) is 24.0 Å². The highest BCUT2D eigenvalue weighted by atomic mass is 127. The van der Waals surface area contributed by atoms with Crippen molar-refractivity contribution >= 4 is 29.9 Å². The van der Waals surface area contributed by atoms with Gasteiger partial charge in [0.15, 0.2) is 17.5 Å². The third kappa shape index (κ3) is 4.53. The van der Waals surface area contributed by atoms with E-state index >= 15 is 0 Å². The average molecular weight is 439 g/mol. The molecule has 0 atom stereocenters. The third-order valence-electron chi connectivity index (χ3n) is 3.72. The first kappa shape index (κ1) is 18.4. The molecular formula is C18H22IN3O2. The Balaban J connectivity index is 0.00000208. The lowest BCUT2D eigenvalue weighted by molar-refractivity contribution is 0.174. The van der Waals surface area contributed by atoms with E-state index in [1.807, 2.05) is 43.4 Å². The molecule has 0 saturated carbocycles. The van der Waals surface area contributed by atoms with Crippen LogP contribution in [0, 0.1) is 0 Å². The fourth-order valence-corrected chi connectivity index (χ4v) is 2.55. The molecule has 2 aromatic carbocycles. The van der Waals surface area contributed by atoms with Gasteiger partial charge in [0.1, 0.15) is 0 Å². The maximum absolute atomic E-state index is 5.41. The van der Waals surface area contributed by atoms with Crippen LogP contribution in [0.4, 0.5) is 0 Å². The van der Waals surface area contributed by atoms with Gasteiger partial charge in [-0.05, 0) is 23.3 Å². The molecule has 5 nitrogen and oxygen atoms in total. The van der Waals surface area contributed by atoms with E-state index in [0.29, 0.717) is 13.3 Å². The molecule has 1 aliphatic rings. The van der Waals surface area contributed by atoms with Crippen LogP contribution in [0.2, 0.25) is 0 Å². The van der Waals surface area contributed by atoms with Crippen LogP contribution in [0.15, 0.2) is 53.5 Å². The van der Waals surface area contributed by atoms with Crippen LogP contribution in [0.5, 0.6) is 11.5 Å². The van der Waals surface area contributed by atoms with E-state index in [1.165, 1.54) is 5.56 Å². The van der Waals surface area contributed by atoms with Crippen LogP contribution in [-0.4, -0.2) is 31.7 Å². The highest BCUT2D eigenvalue weighted by molar-refractivity contribution is 14.0. The zero-order valence-electron chi connectivity index (χ0n) is 13.9. The number of nitrogens with zero attached hydrogens (tertiary/aromatic N) is 2. The van der Waals surface area contributed by atoms with Crippen LogP contribution in [0.1, 0.15) is 11.1 Å². The highest BCUT2D eigenvalue weighted by Gasteiger charge is 2.13. The molecule has 24 heavy (non-hydrogen) atoms. The van der Waals surface area contributed by atoms with E-state index in [0.717, 1.165) is 29.6 Å². The number of benzene rings is 2. The number of nitrogens with one attached hydrogen (secondary N) is 1. The van der Waals surface area contributed by atoms with Crippen LogP contribution in [0.25, 0.3) is 0 Å². The van der Waals surface area contributed by atoms with Gasteiger partial charge in [-0.15, -0.1) is 24.0 Å². The summed E-state index contributed by atoms with van der Waals surface area (Å²) >= 11 is 0.